The van der Waals surface area contributed by atoms with Crippen molar-refractivity contribution >= 4 is 11.8 Å². The van der Waals surface area contributed by atoms with Gasteiger partial charge in [0.1, 0.15) is 0 Å². The first-order chi connectivity index (χ1) is 6.52. The molecule has 0 heterocycles. The predicted octanol–water partition coefficient (Wildman–Crippen LogP) is 1.46. The summed E-state index contributed by atoms with van der Waals surface area (Å²) in [6.07, 6.45) is 0. The number of Topliss-reactive ketones (excluding diaryl/α,β-unsaturated/α-hetero) is 1. The first kappa shape index (κ1) is 10.3. The number of ketones is 1. The topological polar surface area (TPSA) is 43.4 Å². The maximum absolute atomic E-state index is 12.8. The molecular weight excluding hydrogens is 194 g/mol. The molecule has 0 fully saturated rings. The standard InChI is InChI=1S/C9H6F2O3/c1-5(12)9(13)14-8-6(10)3-2-4-7(8)11/h2-4H,1H3. The fourth-order valence-electron chi connectivity index (χ4n) is 0.745. The van der Waals surface area contributed by atoms with E-state index < -0.39 is 29.1 Å². The van der Waals surface area contributed by atoms with E-state index in [1.54, 1.807) is 0 Å². The minimum Gasteiger partial charge on any atom is -0.414 e. The highest BCUT2D eigenvalue weighted by atomic mass is 19.1. The Morgan fingerprint density at radius 1 is 1.21 bits per heavy atom. The maximum atomic E-state index is 12.8. The van der Waals surface area contributed by atoms with Crippen LogP contribution in [0, 0.1) is 11.6 Å². The van der Waals surface area contributed by atoms with Gasteiger partial charge in [-0.15, -0.1) is 0 Å². The second-order valence-electron chi connectivity index (χ2n) is 2.50. The largest absolute Gasteiger partial charge is 0.414 e. The van der Waals surface area contributed by atoms with Crippen molar-refractivity contribution in [1.29, 1.82) is 0 Å². The van der Waals surface area contributed by atoms with Crippen LogP contribution in [0.3, 0.4) is 0 Å². The van der Waals surface area contributed by atoms with E-state index in [4.69, 9.17) is 0 Å². The van der Waals surface area contributed by atoms with Crippen molar-refractivity contribution in [2.45, 2.75) is 6.92 Å². The molecular formula is C9H6F2O3. The van der Waals surface area contributed by atoms with Crippen LogP contribution < -0.4 is 4.74 Å². The second-order valence-corrected chi connectivity index (χ2v) is 2.50. The number of halogens is 2. The van der Waals surface area contributed by atoms with Crippen LogP contribution in [0.2, 0.25) is 0 Å². The van der Waals surface area contributed by atoms with Crippen LogP contribution in [0.5, 0.6) is 5.75 Å². The number of ether oxygens (including phenoxy) is 1. The van der Waals surface area contributed by atoms with Gasteiger partial charge < -0.3 is 4.74 Å². The Kier molecular flexibility index (Phi) is 2.91. The Morgan fingerprint density at radius 3 is 2.14 bits per heavy atom. The highest BCUT2D eigenvalue weighted by Gasteiger charge is 2.16. The molecule has 0 N–H and O–H groups in total. The second kappa shape index (κ2) is 3.95. The molecule has 0 bridgehead atoms. The highest BCUT2D eigenvalue weighted by Crippen LogP contribution is 2.20. The Hall–Kier alpha value is -1.78. The normalized spacial score (nSPS) is 9.64. The average molecular weight is 200 g/mol. The summed E-state index contributed by atoms with van der Waals surface area (Å²) < 4.78 is 29.9. The molecule has 3 nitrogen and oxygen atoms in total. The molecule has 0 radical (unpaired) electrons. The molecule has 5 heteroatoms. The van der Waals surface area contributed by atoms with Gasteiger partial charge in [-0.25, -0.2) is 13.6 Å². The SMILES string of the molecule is CC(=O)C(=O)Oc1c(F)cccc1F. The number of carbonyl (C=O) groups excluding carboxylic acids is 2. The van der Waals surface area contributed by atoms with Crippen LogP contribution in [0.1, 0.15) is 6.92 Å². The lowest BCUT2D eigenvalue weighted by Gasteiger charge is -2.03. The van der Waals surface area contributed by atoms with E-state index in [-0.39, 0.29) is 0 Å². The number of carbonyl (C=O) groups is 2. The molecule has 14 heavy (non-hydrogen) atoms. The van der Waals surface area contributed by atoms with E-state index in [2.05, 4.69) is 4.74 Å². The van der Waals surface area contributed by atoms with Gasteiger partial charge in [0.05, 0.1) is 0 Å². The fourth-order valence-corrected chi connectivity index (χ4v) is 0.745. The zero-order valence-corrected chi connectivity index (χ0v) is 7.21. The third-order valence-corrected chi connectivity index (χ3v) is 1.40. The third-order valence-electron chi connectivity index (χ3n) is 1.40. The average Bonchev–Trinajstić information content (AvgIpc) is 2.11. The summed E-state index contributed by atoms with van der Waals surface area (Å²) in [5, 5.41) is 0. The number of para-hydroxylation sites is 1. The molecule has 0 aromatic heterocycles. The molecule has 1 aromatic carbocycles. The van der Waals surface area contributed by atoms with Crippen LogP contribution >= 0.6 is 0 Å². The van der Waals surface area contributed by atoms with E-state index in [1.165, 1.54) is 0 Å². The first-order valence-corrected chi connectivity index (χ1v) is 3.69. The van der Waals surface area contributed by atoms with Gasteiger partial charge in [0, 0.05) is 6.92 Å². The van der Waals surface area contributed by atoms with Crippen molar-refractivity contribution in [3.63, 3.8) is 0 Å². The summed E-state index contributed by atoms with van der Waals surface area (Å²) in [5.41, 5.74) is 0. The van der Waals surface area contributed by atoms with Gasteiger partial charge >= 0.3 is 5.97 Å². The van der Waals surface area contributed by atoms with Crippen LogP contribution in [-0.2, 0) is 9.59 Å². The van der Waals surface area contributed by atoms with Crippen LogP contribution in [-0.4, -0.2) is 11.8 Å². The minimum absolute atomic E-state index is 0.854. The molecule has 0 unspecified atom stereocenters. The van der Waals surface area contributed by atoms with Crippen molar-refractivity contribution in [3.8, 4) is 5.75 Å². The number of hydrogen-bond donors (Lipinski definition) is 0. The van der Waals surface area contributed by atoms with Gasteiger partial charge in [-0.05, 0) is 12.1 Å². The molecule has 0 atom stereocenters. The molecule has 0 aliphatic carbocycles. The Balaban J connectivity index is 2.97. The fraction of sp³-hybridized carbons (Fsp3) is 0.111. The van der Waals surface area contributed by atoms with E-state index in [9.17, 15) is 18.4 Å². The van der Waals surface area contributed by atoms with Gasteiger partial charge in [-0.1, -0.05) is 6.07 Å². The molecule has 0 aliphatic heterocycles. The van der Waals surface area contributed by atoms with Crippen LogP contribution in [0.25, 0.3) is 0 Å². The Bertz CT molecular complexity index is 367. The minimum atomic E-state index is -1.30. The van der Waals surface area contributed by atoms with E-state index in [1.807, 2.05) is 0 Å². The lowest BCUT2D eigenvalue weighted by atomic mass is 10.3. The molecule has 0 saturated carbocycles. The molecule has 0 aliphatic rings. The monoisotopic (exact) mass is 200 g/mol. The van der Waals surface area contributed by atoms with Crippen molar-refractivity contribution in [2.75, 3.05) is 0 Å². The predicted molar refractivity (Wildman–Crippen MR) is 42.7 cm³/mol. The van der Waals surface area contributed by atoms with Crippen molar-refractivity contribution in [1.82, 2.24) is 0 Å². The summed E-state index contributed by atoms with van der Waals surface area (Å²) in [7, 11) is 0. The van der Waals surface area contributed by atoms with E-state index >= 15 is 0 Å². The van der Waals surface area contributed by atoms with Crippen molar-refractivity contribution in [3.05, 3.63) is 29.8 Å². The smallest absolute Gasteiger partial charge is 0.379 e. The Morgan fingerprint density at radius 2 is 1.71 bits per heavy atom. The Labute approximate surface area is 78.3 Å². The maximum Gasteiger partial charge on any atom is 0.379 e. The zero-order chi connectivity index (χ0) is 10.7. The van der Waals surface area contributed by atoms with Crippen LogP contribution in [0.4, 0.5) is 8.78 Å². The third kappa shape index (κ3) is 2.12. The highest BCUT2D eigenvalue weighted by molar-refractivity contribution is 6.33. The van der Waals surface area contributed by atoms with Crippen molar-refractivity contribution in [2.24, 2.45) is 0 Å². The van der Waals surface area contributed by atoms with Gasteiger partial charge in [0.25, 0.3) is 0 Å². The molecule has 1 aromatic rings. The first-order valence-electron chi connectivity index (χ1n) is 3.69. The number of hydrogen-bond acceptors (Lipinski definition) is 3. The quantitative estimate of drug-likeness (QED) is 0.412. The van der Waals surface area contributed by atoms with Gasteiger partial charge in [0.2, 0.25) is 11.5 Å². The molecule has 0 saturated heterocycles. The van der Waals surface area contributed by atoms with Gasteiger partial charge in [0.15, 0.2) is 11.6 Å². The lowest BCUT2D eigenvalue weighted by Crippen LogP contribution is -2.18. The zero-order valence-electron chi connectivity index (χ0n) is 7.21. The summed E-state index contributed by atoms with van der Waals surface area (Å²) in [4.78, 5) is 21.2. The summed E-state index contributed by atoms with van der Waals surface area (Å²) >= 11 is 0. The van der Waals surface area contributed by atoms with Crippen LogP contribution in [0.15, 0.2) is 18.2 Å². The lowest BCUT2D eigenvalue weighted by molar-refractivity contribution is -0.146. The number of benzene rings is 1. The van der Waals surface area contributed by atoms with Gasteiger partial charge in [-0.2, -0.15) is 0 Å². The number of rotatable bonds is 2. The number of esters is 1. The van der Waals surface area contributed by atoms with E-state index in [0.717, 1.165) is 25.1 Å². The van der Waals surface area contributed by atoms with E-state index in [0.29, 0.717) is 0 Å². The summed E-state index contributed by atoms with van der Waals surface area (Å²) in [6.45, 7) is 0.946. The van der Waals surface area contributed by atoms with Crippen molar-refractivity contribution < 1.29 is 23.1 Å². The summed E-state index contributed by atoms with van der Waals surface area (Å²) in [5.74, 6) is -5.13. The molecule has 0 spiro atoms. The molecule has 74 valence electrons. The summed E-state index contributed by atoms with van der Waals surface area (Å²) in [6, 6.07) is 2.97. The van der Waals surface area contributed by atoms with Gasteiger partial charge in [-0.3, -0.25) is 4.79 Å². The molecule has 1 rings (SSSR count). The molecule has 0 amide bonds.